The molecule has 13 heavy (non-hydrogen) atoms. The van der Waals surface area contributed by atoms with Gasteiger partial charge in [0, 0.05) is 0 Å². The van der Waals surface area contributed by atoms with Crippen molar-refractivity contribution in [2.24, 2.45) is 0 Å². The van der Waals surface area contributed by atoms with E-state index in [1.807, 2.05) is 6.92 Å². The highest BCUT2D eigenvalue weighted by molar-refractivity contribution is 5.70. The molecule has 0 amide bonds. The molecule has 4 heteroatoms. The molecule has 1 fully saturated rings. The van der Waals surface area contributed by atoms with E-state index in [9.17, 15) is 4.79 Å². The van der Waals surface area contributed by atoms with Gasteiger partial charge in [-0.2, -0.15) is 0 Å². The van der Waals surface area contributed by atoms with Gasteiger partial charge in [-0.05, 0) is 20.8 Å². The monoisotopic (exact) mass is 188 g/mol. The van der Waals surface area contributed by atoms with E-state index >= 15 is 0 Å². The van der Waals surface area contributed by atoms with Crippen molar-refractivity contribution in [2.45, 2.75) is 39.1 Å². The number of hydrogen-bond donors (Lipinski definition) is 0. The Morgan fingerprint density at radius 1 is 1.69 bits per heavy atom. The van der Waals surface area contributed by atoms with Crippen LogP contribution in [0.25, 0.3) is 0 Å². The van der Waals surface area contributed by atoms with Crippen molar-refractivity contribution >= 4 is 5.97 Å². The highest BCUT2D eigenvalue weighted by atomic mass is 16.7. The van der Waals surface area contributed by atoms with E-state index in [-0.39, 0.29) is 18.5 Å². The van der Waals surface area contributed by atoms with E-state index in [2.05, 4.69) is 0 Å². The molecule has 1 heterocycles. The van der Waals surface area contributed by atoms with Gasteiger partial charge in [-0.3, -0.25) is 4.79 Å². The Balaban J connectivity index is 2.39. The van der Waals surface area contributed by atoms with Crippen molar-refractivity contribution in [2.75, 3.05) is 13.2 Å². The van der Waals surface area contributed by atoms with Crippen LogP contribution in [0.2, 0.25) is 0 Å². The van der Waals surface area contributed by atoms with Crippen molar-refractivity contribution in [3.05, 3.63) is 0 Å². The summed E-state index contributed by atoms with van der Waals surface area (Å²) in [6.45, 7) is 6.38. The fourth-order valence-corrected chi connectivity index (χ4v) is 1.35. The summed E-state index contributed by atoms with van der Waals surface area (Å²) in [5, 5.41) is 0. The van der Waals surface area contributed by atoms with Crippen molar-refractivity contribution in [1.82, 2.24) is 0 Å². The van der Waals surface area contributed by atoms with Crippen molar-refractivity contribution in [3.8, 4) is 0 Å². The van der Waals surface area contributed by atoms with Gasteiger partial charge in [-0.25, -0.2) is 0 Å². The zero-order valence-corrected chi connectivity index (χ0v) is 8.33. The zero-order valence-electron chi connectivity index (χ0n) is 8.33. The number of rotatable bonds is 3. The number of carbonyl (C=O) groups is 1. The van der Waals surface area contributed by atoms with Crippen molar-refractivity contribution < 1.29 is 19.0 Å². The van der Waals surface area contributed by atoms with E-state index in [1.54, 1.807) is 13.8 Å². The average Bonchev–Trinajstić information content (AvgIpc) is 2.30. The minimum atomic E-state index is -0.786. The van der Waals surface area contributed by atoms with Gasteiger partial charge in [0.25, 0.3) is 0 Å². The third kappa shape index (κ3) is 2.97. The molecule has 1 saturated heterocycles. The molecular weight excluding hydrogens is 172 g/mol. The summed E-state index contributed by atoms with van der Waals surface area (Å²) in [6, 6.07) is 0. The van der Waals surface area contributed by atoms with Crippen LogP contribution in [0.3, 0.4) is 0 Å². The first kappa shape index (κ1) is 10.5. The van der Waals surface area contributed by atoms with Crippen LogP contribution in [0, 0.1) is 0 Å². The molecule has 0 radical (unpaired) electrons. The van der Waals surface area contributed by atoms with Crippen LogP contribution in [-0.4, -0.2) is 31.1 Å². The summed E-state index contributed by atoms with van der Waals surface area (Å²) in [6.07, 6.45) is 0.213. The Hall–Kier alpha value is -0.610. The molecule has 76 valence electrons. The second-order valence-corrected chi connectivity index (χ2v) is 3.36. The van der Waals surface area contributed by atoms with E-state index < -0.39 is 5.79 Å². The minimum absolute atomic E-state index is 0.0550. The first-order chi connectivity index (χ1) is 6.06. The standard InChI is InChI=1S/C9H16O4/c1-4-11-8(10)5-9(3)12-6-7(2)13-9/h7H,4-6H2,1-3H3/t7-,9+/m0/s1. The second-order valence-electron chi connectivity index (χ2n) is 3.36. The number of carbonyl (C=O) groups excluding carboxylic acids is 1. The van der Waals surface area contributed by atoms with E-state index in [4.69, 9.17) is 14.2 Å². The van der Waals surface area contributed by atoms with Crippen LogP contribution in [0.5, 0.6) is 0 Å². The fraction of sp³-hybridized carbons (Fsp3) is 0.889. The van der Waals surface area contributed by atoms with Gasteiger partial charge in [-0.15, -0.1) is 0 Å². The Morgan fingerprint density at radius 3 is 2.85 bits per heavy atom. The Kier molecular flexibility index (Phi) is 3.27. The lowest BCUT2D eigenvalue weighted by molar-refractivity contribution is -0.178. The molecule has 0 spiro atoms. The molecule has 0 aromatic heterocycles. The molecule has 0 aromatic carbocycles. The predicted molar refractivity (Wildman–Crippen MR) is 46.2 cm³/mol. The topological polar surface area (TPSA) is 44.8 Å². The second kappa shape index (κ2) is 4.07. The van der Waals surface area contributed by atoms with Crippen molar-refractivity contribution in [1.29, 1.82) is 0 Å². The summed E-state index contributed by atoms with van der Waals surface area (Å²) in [4.78, 5) is 11.1. The minimum Gasteiger partial charge on any atom is -0.466 e. The summed E-state index contributed by atoms with van der Waals surface area (Å²) < 4.78 is 15.6. The van der Waals surface area contributed by atoms with E-state index in [0.717, 1.165) is 0 Å². The van der Waals surface area contributed by atoms with Gasteiger partial charge in [0.05, 0.1) is 25.7 Å². The fourth-order valence-electron chi connectivity index (χ4n) is 1.35. The van der Waals surface area contributed by atoms with E-state index in [1.165, 1.54) is 0 Å². The van der Waals surface area contributed by atoms with Crippen LogP contribution < -0.4 is 0 Å². The van der Waals surface area contributed by atoms with Crippen LogP contribution in [0.4, 0.5) is 0 Å². The average molecular weight is 188 g/mol. The molecule has 0 saturated carbocycles. The van der Waals surface area contributed by atoms with Gasteiger partial charge < -0.3 is 14.2 Å². The molecule has 0 aromatic rings. The Labute approximate surface area is 78.2 Å². The predicted octanol–water partition coefficient (Wildman–Crippen LogP) is 1.09. The van der Waals surface area contributed by atoms with Crippen LogP contribution in [0.1, 0.15) is 27.2 Å². The number of ether oxygens (including phenoxy) is 3. The molecule has 1 rings (SSSR count). The van der Waals surface area contributed by atoms with Gasteiger partial charge in [0.2, 0.25) is 0 Å². The molecule has 2 atom stereocenters. The number of esters is 1. The van der Waals surface area contributed by atoms with Gasteiger partial charge in [-0.1, -0.05) is 0 Å². The van der Waals surface area contributed by atoms with Crippen LogP contribution >= 0.6 is 0 Å². The maximum absolute atomic E-state index is 11.1. The molecule has 1 aliphatic rings. The van der Waals surface area contributed by atoms with Crippen LogP contribution in [-0.2, 0) is 19.0 Å². The normalized spacial score (nSPS) is 33.3. The molecule has 1 aliphatic heterocycles. The lowest BCUT2D eigenvalue weighted by Crippen LogP contribution is -2.30. The summed E-state index contributed by atoms with van der Waals surface area (Å²) in [7, 11) is 0. The van der Waals surface area contributed by atoms with Gasteiger partial charge in [0.15, 0.2) is 5.79 Å². The zero-order chi connectivity index (χ0) is 9.90. The highest BCUT2D eigenvalue weighted by Gasteiger charge is 2.37. The maximum atomic E-state index is 11.1. The Morgan fingerprint density at radius 2 is 2.38 bits per heavy atom. The molecule has 4 nitrogen and oxygen atoms in total. The molecule has 0 N–H and O–H groups in total. The largest absolute Gasteiger partial charge is 0.466 e. The quantitative estimate of drug-likeness (QED) is 0.622. The summed E-state index contributed by atoms with van der Waals surface area (Å²) in [5.41, 5.74) is 0. The third-order valence-electron chi connectivity index (χ3n) is 1.84. The summed E-state index contributed by atoms with van der Waals surface area (Å²) >= 11 is 0. The van der Waals surface area contributed by atoms with E-state index in [0.29, 0.717) is 13.2 Å². The van der Waals surface area contributed by atoms with Crippen molar-refractivity contribution in [3.63, 3.8) is 0 Å². The Bertz CT molecular complexity index is 192. The van der Waals surface area contributed by atoms with Crippen LogP contribution in [0.15, 0.2) is 0 Å². The molecule has 0 unspecified atom stereocenters. The maximum Gasteiger partial charge on any atom is 0.311 e. The first-order valence-electron chi connectivity index (χ1n) is 4.53. The smallest absolute Gasteiger partial charge is 0.311 e. The lowest BCUT2D eigenvalue weighted by atomic mass is 10.2. The number of hydrogen-bond acceptors (Lipinski definition) is 4. The van der Waals surface area contributed by atoms with Gasteiger partial charge >= 0.3 is 5.97 Å². The van der Waals surface area contributed by atoms with Gasteiger partial charge in [0.1, 0.15) is 0 Å². The molecule has 0 bridgehead atoms. The SMILES string of the molecule is CCOC(=O)C[C@]1(C)OC[C@H](C)O1. The highest BCUT2D eigenvalue weighted by Crippen LogP contribution is 2.26. The molecular formula is C9H16O4. The first-order valence-corrected chi connectivity index (χ1v) is 4.53. The summed E-state index contributed by atoms with van der Waals surface area (Å²) in [5.74, 6) is -1.06. The lowest BCUT2D eigenvalue weighted by Gasteiger charge is -2.21. The third-order valence-corrected chi connectivity index (χ3v) is 1.84. The molecule has 0 aliphatic carbocycles.